The lowest BCUT2D eigenvalue weighted by Gasteiger charge is -2.20. The first-order chi connectivity index (χ1) is 11.4. The van der Waals surface area contributed by atoms with Gasteiger partial charge in [-0.1, -0.05) is 18.9 Å². The van der Waals surface area contributed by atoms with Crippen LogP contribution in [0.3, 0.4) is 0 Å². The second-order valence-electron chi connectivity index (χ2n) is 6.05. The minimum Gasteiger partial charge on any atom is -0.357 e. The van der Waals surface area contributed by atoms with Gasteiger partial charge < -0.3 is 15.5 Å². The second-order valence-corrected chi connectivity index (χ2v) is 6.05. The van der Waals surface area contributed by atoms with E-state index in [2.05, 4.69) is 32.4 Å². The summed E-state index contributed by atoms with van der Waals surface area (Å²) in [6.07, 6.45) is 8.50. The molecule has 0 radical (unpaired) electrons. The number of halogens is 1. The molecule has 0 aliphatic carbocycles. The molecule has 24 heavy (non-hydrogen) atoms. The Hall–Kier alpha value is -0.890. The lowest BCUT2D eigenvalue weighted by atomic mass is 10.2. The molecule has 2 heterocycles. The van der Waals surface area contributed by atoms with E-state index in [1.54, 1.807) is 0 Å². The van der Waals surface area contributed by atoms with Crippen LogP contribution in [0, 0.1) is 0 Å². The van der Waals surface area contributed by atoms with Gasteiger partial charge in [0.15, 0.2) is 5.96 Å². The number of nitrogens with zero attached hydrogens (tertiary/aromatic N) is 3. The molecule has 1 fully saturated rings. The predicted molar refractivity (Wildman–Crippen MR) is 112 cm³/mol. The van der Waals surface area contributed by atoms with Gasteiger partial charge in [0.2, 0.25) is 0 Å². The molecular formula is C18H32IN5. The summed E-state index contributed by atoms with van der Waals surface area (Å²) in [6.45, 7) is 8.27. The van der Waals surface area contributed by atoms with Crippen molar-refractivity contribution >= 4 is 29.9 Å². The van der Waals surface area contributed by atoms with Crippen LogP contribution in [-0.4, -0.2) is 48.6 Å². The number of guanidine groups is 1. The molecule has 0 bridgehead atoms. The van der Waals surface area contributed by atoms with Gasteiger partial charge in [0.25, 0.3) is 0 Å². The monoisotopic (exact) mass is 445 g/mol. The second kappa shape index (κ2) is 13.4. The lowest BCUT2D eigenvalue weighted by molar-refractivity contribution is 0.282. The first-order valence-electron chi connectivity index (χ1n) is 9.03. The number of pyridine rings is 1. The average molecular weight is 445 g/mol. The van der Waals surface area contributed by atoms with Gasteiger partial charge in [0.1, 0.15) is 0 Å². The van der Waals surface area contributed by atoms with E-state index in [1.165, 1.54) is 45.3 Å². The Morgan fingerprint density at radius 3 is 2.62 bits per heavy atom. The van der Waals surface area contributed by atoms with Crippen molar-refractivity contribution in [2.24, 2.45) is 4.99 Å². The van der Waals surface area contributed by atoms with E-state index >= 15 is 0 Å². The fraction of sp³-hybridized carbons (Fsp3) is 0.667. The van der Waals surface area contributed by atoms with E-state index in [4.69, 9.17) is 0 Å². The van der Waals surface area contributed by atoms with Crippen molar-refractivity contribution in [3.8, 4) is 0 Å². The zero-order valence-electron chi connectivity index (χ0n) is 14.8. The summed E-state index contributed by atoms with van der Waals surface area (Å²) >= 11 is 0. The fourth-order valence-electron chi connectivity index (χ4n) is 2.86. The Bertz CT molecular complexity index is 444. The first kappa shape index (κ1) is 21.2. The molecule has 0 atom stereocenters. The fourth-order valence-corrected chi connectivity index (χ4v) is 2.86. The van der Waals surface area contributed by atoms with E-state index in [1.807, 2.05) is 24.4 Å². The highest BCUT2D eigenvalue weighted by Gasteiger charge is 2.08. The summed E-state index contributed by atoms with van der Waals surface area (Å²) < 4.78 is 0. The van der Waals surface area contributed by atoms with Gasteiger partial charge in [0.05, 0.1) is 12.2 Å². The van der Waals surface area contributed by atoms with Gasteiger partial charge in [-0.05, 0) is 58.0 Å². The Morgan fingerprint density at radius 2 is 1.96 bits per heavy atom. The number of rotatable bonds is 7. The molecule has 0 saturated carbocycles. The standard InChI is InChI=1S/C18H31N5.HI/c1-2-19-18(22-16-17-10-5-6-11-20-17)21-12-9-15-23-13-7-3-4-8-14-23;/h5-6,10-11H,2-4,7-9,12-16H2,1H3,(H2,19,21,22);1H. The number of hydrogen-bond donors (Lipinski definition) is 2. The van der Waals surface area contributed by atoms with E-state index < -0.39 is 0 Å². The third kappa shape index (κ3) is 8.82. The molecule has 1 saturated heterocycles. The minimum atomic E-state index is 0. The van der Waals surface area contributed by atoms with Gasteiger partial charge in [-0.2, -0.15) is 0 Å². The minimum absolute atomic E-state index is 0. The number of hydrogen-bond acceptors (Lipinski definition) is 3. The van der Waals surface area contributed by atoms with Crippen LogP contribution in [0.5, 0.6) is 0 Å². The van der Waals surface area contributed by atoms with Crippen LogP contribution >= 0.6 is 24.0 Å². The molecule has 5 nitrogen and oxygen atoms in total. The first-order valence-corrected chi connectivity index (χ1v) is 9.03. The average Bonchev–Trinajstić information content (AvgIpc) is 2.86. The highest BCUT2D eigenvalue weighted by Crippen LogP contribution is 2.09. The number of aromatic nitrogens is 1. The maximum atomic E-state index is 4.60. The summed E-state index contributed by atoms with van der Waals surface area (Å²) in [4.78, 5) is 11.5. The number of nitrogens with one attached hydrogen (secondary N) is 2. The van der Waals surface area contributed by atoms with E-state index in [-0.39, 0.29) is 24.0 Å². The zero-order chi connectivity index (χ0) is 16.2. The molecular weight excluding hydrogens is 413 g/mol. The molecule has 0 spiro atoms. The molecule has 0 unspecified atom stereocenters. The van der Waals surface area contributed by atoms with Gasteiger partial charge in [-0.3, -0.25) is 4.98 Å². The smallest absolute Gasteiger partial charge is 0.191 e. The quantitative estimate of drug-likeness (QED) is 0.293. The summed E-state index contributed by atoms with van der Waals surface area (Å²) in [5, 5.41) is 6.73. The van der Waals surface area contributed by atoms with E-state index in [9.17, 15) is 0 Å². The van der Waals surface area contributed by atoms with Crippen LogP contribution in [0.15, 0.2) is 29.4 Å². The van der Waals surface area contributed by atoms with E-state index in [0.717, 1.165) is 31.2 Å². The Kier molecular flexibility index (Phi) is 11.8. The molecule has 6 heteroatoms. The lowest BCUT2D eigenvalue weighted by Crippen LogP contribution is -2.39. The van der Waals surface area contributed by atoms with Gasteiger partial charge in [-0.15, -0.1) is 24.0 Å². The largest absolute Gasteiger partial charge is 0.357 e. The summed E-state index contributed by atoms with van der Waals surface area (Å²) in [5.74, 6) is 0.883. The molecule has 2 N–H and O–H groups in total. The Morgan fingerprint density at radius 1 is 1.17 bits per heavy atom. The topological polar surface area (TPSA) is 52.6 Å². The normalized spacial score (nSPS) is 16.1. The number of likely N-dealkylation sites (tertiary alicyclic amines) is 1. The summed E-state index contributed by atoms with van der Waals surface area (Å²) in [5.41, 5.74) is 0.995. The van der Waals surface area contributed by atoms with Gasteiger partial charge >= 0.3 is 0 Å². The highest BCUT2D eigenvalue weighted by molar-refractivity contribution is 14.0. The Labute approximate surface area is 163 Å². The van der Waals surface area contributed by atoms with Crippen LogP contribution in [0.4, 0.5) is 0 Å². The van der Waals surface area contributed by atoms with Crippen molar-refractivity contribution in [1.29, 1.82) is 0 Å². The van der Waals surface area contributed by atoms with Crippen molar-refractivity contribution in [2.45, 2.75) is 45.6 Å². The van der Waals surface area contributed by atoms with Crippen LogP contribution in [0.2, 0.25) is 0 Å². The third-order valence-corrected chi connectivity index (χ3v) is 4.11. The van der Waals surface area contributed by atoms with E-state index in [0.29, 0.717) is 6.54 Å². The van der Waals surface area contributed by atoms with Crippen LogP contribution in [0.1, 0.15) is 44.7 Å². The predicted octanol–water partition coefficient (Wildman–Crippen LogP) is 3.02. The maximum absolute atomic E-state index is 4.60. The SMILES string of the molecule is CCNC(=NCc1ccccn1)NCCCN1CCCCCC1.I. The molecule has 136 valence electrons. The van der Waals surface area contributed by atoms with Crippen molar-refractivity contribution in [3.05, 3.63) is 30.1 Å². The third-order valence-electron chi connectivity index (χ3n) is 4.11. The molecule has 2 rings (SSSR count). The highest BCUT2D eigenvalue weighted by atomic mass is 127. The van der Waals surface area contributed by atoms with Crippen LogP contribution in [-0.2, 0) is 6.54 Å². The summed E-state index contributed by atoms with van der Waals surface area (Å²) in [6, 6.07) is 5.94. The molecule has 1 aromatic heterocycles. The van der Waals surface area contributed by atoms with Gasteiger partial charge in [-0.25, -0.2) is 4.99 Å². The van der Waals surface area contributed by atoms with Crippen molar-refractivity contribution in [3.63, 3.8) is 0 Å². The molecule has 0 amide bonds. The van der Waals surface area contributed by atoms with Crippen LogP contribution in [0.25, 0.3) is 0 Å². The summed E-state index contributed by atoms with van der Waals surface area (Å²) in [7, 11) is 0. The zero-order valence-corrected chi connectivity index (χ0v) is 17.2. The van der Waals surface area contributed by atoms with Crippen LogP contribution < -0.4 is 10.6 Å². The molecule has 0 aromatic carbocycles. The van der Waals surface area contributed by atoms with Crippen molar-refractivity contribution in [1.82, 2.24) is 20.5 Å². The molecule has 1 aliphatic heterocycles. The molecule has 1 aromatic rings. The van der Waals surface area contributed by atoms with Crippen molar-refractivity contribution < 1.29 is 0 Å². The van der Waals surface area contributed by atoms with Crippen molar-refractivity contribution in [2.75, 3.05) is 32.7 Å². The Balaban J connectivity index is 0.00000288. The maximum Gasteiger partial charge on any atom is 0.191 e. The number of aliphatic imine (C=N–C) groups is 1. The molecule has 1 aliphatic rings. The van der Waals surface area contributed by atoms with Gasteiger partial charge in [0, 0.05) is 19.3 Å².